The topological polar surface area (TPSA) is 61.4 Å². The Bertz CT molecular complexity index is 1030. The molecule has 0 bridgehead atoms. The maximum absolute atomic E-state index is 11.3. The maximum Gasteiger partial charge on any atom is 0.335 e. The van der Waals surface area contributed by atoms with Crippen LogP contribution in [0.5, 0.6) is 0 Å². The number of hydrogen-bond acceptors (Lipinski definition) is 4. The largest absolute Gasteiger partial charge is 0.478 e. The number of rotatable bonds is 5. The van der Waals surface area contributed by atoms with E-state index in [1.807, 2.05) is 30.3 Å². The molecule has 4 rings (SSSR count). The second-order valence-corrected chi connectivity index (χ2v) is 8.90. The summed E-state index contributed by atoms with van der Waals surface area (Å²) in [5.41, 5.74) is 4.59. The summed E-state index contributed by atoms with van der Waals surface area (Å²) in [5.74, 6) is -0.889. The molecule has 1 unspecified atom stereocenters. The normalized spacial score (nSPS) is 17.1. The lowest BCUT2D eigenvalue weighted by molar-refractivity contribution is 0.0696. The van der Waals surface area contributed by atoms with E-state index in [9.17, 15) is 9.90 Å². The van der Waals surface area contributed by atoms with E-state index in [1.165, 1.54) is 5.56 Å². The molecule has 3 aromatic carbocycles. The molecule has 4 nitrogen and oxygen atoms in total. The van der Waals surface area contributed by atoms with Gasteiger partial charge in [-0.05, 0) is 71.3 Å². The smallest absolute Gasteiger partial charge is 0.335 e. The number of carboxylic acids is 1. The zero-order chi connectivity index (χ0) is 20.4. The third-order valence-corrected chi connectivity index (χ3v) is 6.20. The van der Waals surface area contributed by atoms with Crippen LogP contribution in [0.15, 0.2) is 77.7 Å². The van der Waals surface area contributed by atoms with Crippen molar-refractivity contribution >= 4 is 29.3 Å². The van der Waals surface area contributed by atoms with Gasteiger partial charge in [0.1, 0.15) is 0 Å². The van der Waals surface area contributed by atoms with Gasteiger partial charge in [-0.1, -0.05) is 50.2 Å². The standard InChI is InChI=1S/C24H24N2O2S/c1-24(2)15-17-14-16(23(27)28)12-13-20(17)25-22(24)19-10-6-7-11-21(19)26-29-18-8-4-3-5-9-18/h3-14,22,25-26H,15H2,1-2H3,(H,27,28). The first-order valence-corrected chi connectivity index (χ1v) is 10.5. The molecule has 0 aromatic heterocycles. The maximum atomic E-state index is 11.3. The van der Waals surface area contributed by atoms with Gasteiger partial charge < -0.3 is 15.1 Å². The van der Waals surface area contributed by atoms with E-state index in [0.29, 0.717) is 5.56 Å². The Morgan fingerprint density at radius 3 is 2.55 bits per heavy atom. The van der Waals surface area contributed by atoms with Crippen molar-refractivity contribution in [1.29, 1.82) is 0 Å². The highest BCUT2D eigenvalue weighted by Crippen LogP contribution is 2.47. The Morgan fingerprint density at radius 2 is 1.79 bits per heavy atom. The molecule has 0 radical (unpaired) electrons. The Kier molecular flexibility index (Phi) is 5.24. The summed E-state index contributed by atoms with van der Waals surface area (Å²) >= 11 is 1.60. The molecule has 29 heavy (non-hydrogen) atoms. The van der Waals surface area contributed by atoms with Crippen molar-refractivity contribution in [3.63, 3.8) is 0 Å². The van der Waals surface area contributed by atoms with Crippen molar-refractivity contribution in [3.05, 3.63) is 89.5 Å². The molecular formula is C24H24N2O2S. The molecule has 0 saturated carbocycles. The van der Waals surface area contributed by atoms with Gasteiger partial charge in [-0.2, -0.15) is 0 Å². The number of benzene rings is 3. The summed E-state index contributed by atoms with van der Waals surface area (Å²) in [4.78, 5) is 12.5. The number of anilines is 2. The van der Waals surface area contributed by atoms with Gasteiger partial charge >= 0.3 is 5.97 Å². The lowest BCUT2D eigenvalue weighted by atomic mass is 9.72. The highest BCUT2D eigenvalue weighted by molar-refractivity contribution is 8.00. The summed E-state index contributed by atoms with van der Waals surface area (Å²) in [6, 6.07) is 24.1. The highest BCUT2D eigenvalue weighted by atomic mass is 32.2. The predicted octanol–water partition coefficient (Wildman–Crippen LogP) is 6.24. The third kappa shape index (κ3) is 4.10. The first-order chi connectivity index (χ1) is 13.9. The summed E-state index contributed by atoms with van der Waals surface area (Å²) < 4.78 is 3.51. The SMILES string of the molecule is CC1(C)Cc2cc(C(=O)O)ccc2NC1c1ccccc1NSc1ccccc1. The molecule has 3 N–H and O–H groups in total. The van der Waals surface area contributed by atoms with Crippen LogP contribution >= 0.6 is 11.9 Å². The lowest BCUT2D eigenvalue weighted by Gasteiger charge is -2.42. The number of carbonyl (C=O) groups is 1. The van der Waals surface area contributed by atoms with Crippen LogP contribution < -0.4 is 10.0 Å². The second-order valence-electron chi connectivity index (χ2n) is 8.02. The van der Waals surface area contributed by atoms with Crippen molar-refractivity contribution in [2.45, 2.75) is 31.2 Å². The van der Waals surface area contributed by atoms with Gasteiger partial charge in [0.05, 0.1) is 11.6 Å². The van der Waals surface area contributed by atoms with Gasteiger partial charge in [-0.3, -0.25) is 0 Å². The molecule has 5 heteroatoms. The minimum absolute atomic E-state index is 0.0840. The summed E-state index contributed by atoms with van der Waals surface area (Å²) in [6.45, 7) is 4.45. The van der Waals surface area contributed by atoms with Crippen molar-refractivity contribution in [3.8, 4) is 0 Å². The molecule has 1 atom stereocenters. The number of fused-ring (bicyclic) bond motifs is 1. The van der Waals surface area contributed by atoms with E-state index < -0.39 is 5.97 Å². The monoisotopic (exact) mass is 404 g/mol. The Labute approximate surface area is 175 Å². The predicted molar refractivity (Wildman–Crippen MR) is 120 cm³/mol. The van der Waals surface area contributed by atoms with Crippen LogP contribution in [0, 0.1) is 5.41 Å². The van der Waals surface area contributed by atoms with Crippen LogP contribution in [0.4, 0.5) is 11.4 Å². The third-order valence-electron chi connectivity index (χ3n) is 5.37. The molecule has 3 aromatic rings. The second kappa shape index (κ2) is 7.84. The van der Waals surface area contributed by atoms with Crippen LogP contribution in [0.1, 0.15) is 41.4 Å². The zero-order valence-corrected chi connectivity index (χ0v) is 17.3. The zero-order valence-electron chi connectivity index (χ0n) is 16.5. The van der Waals surface area contributed by atoms with Crippen molar-refractivity contribution < 1.29 is 9.90 Å². The molecular weight excluding hydrogens is 380 g/mol. The van der Waals surface area contributed by atoms with E-state index in [2.05, 4.69) is 54.2 Å². The number of aromatic carboxylic acids is 1. The van der Waals surface area contributed by atoms with Crippen molar-refractivity contribution in [2.24, 2.45) is 5.41 Å². The van der Waals surface area contributed by atoms with Crippen LogP contribution in [0.2, 0.25) is 0 Å². The number of hydrogen-bond donors (Lipinski definition) is 3. The highest BCUT2D eigenvalue weighted by Gasteiger charge is 2.37. The molecule has 1 aliphatic rings. The van der Waals surface area contributed by atoms with E-state index >= 15 is 0 Å². The molecule has 1 heterocycles. The average molecular weight is 405 g/mol. The molecule has 0 fully saturated rings. The van der Waals surface area contributed by atoms with E-state index in [1.54, 1.807) is 24.1 Å². The Hall–Kier alpha value is -2.92. The van der Waals surface area contributed by atoms with Crippen molar-refractivity contribution in [1.82, 2.24) is 0 Å². The molecule has 0 aliphatic carbocycles. The van der Waals surface area contributed by atoms with Crippen LogP contribution in [-0.4, -0.2) is 11.1 Å². The molecule has 0 spiro atoms. The Balaban J connectivity index is 1.63. The summed E-state index contributed by atoms with van der Waals surface area (Å²) in [6.07, 6.45) is 0.807. The van der Waals surface area contributed by atoms with Gasteiger partial charge in [-0.25, -0.2) is 4.79 Å². The summed E-state index contributed by atoms with van der Waals surface area (Å²) in [5, 5.41) is 13.0. The van der Waals surface area contributed by atoms with Gasteiger partial charge in [0, 0.05) is 16.3 Å². The first-order valence-electron chi connectivity index (χ1n) is 9.64. The van der Waals surface area contributed by atoms with Crippen LogP contribution in [-0.2, 0) is 6.42 Å². The lowest BCUT2D eigenvalue weighted by Crippen LogP contribution is -2.35. The van der Waals surface area contributed by atoms with Crippen molar-refractivity contribution in [2.75, 3.05) is 10.0 Å². The first kappa shape index (κ1) is 19.4. The summed E-state index contributed by atoms with van der Waals surface area (Å²) in [7, 11) is 0. The van der Waals surface area contributed by atoms with Gasteiger partial charge in [-0.15, -0.1) is 0 Å². The van der Waals surface area contributed by atoms with E-state index in [-0.39, 0.29) is 11.5 Å². The average Bonchev–Trinajstić information content (AvgIpc) is 2.71. The molecule has 0 saturated heterocycles. The minimum Gasteiger partial charge on any atom is -0.478 e. The number of nitrogens with one attached hydrogen (secondary N) is 2. The van der Waals surface area contributed by atoms with Gasteiger partial charge in [0.25, 0.3) is 0 Å². The molecule has 0 amide bonds. The van der Waals surface area contributed by atoms with Crippen LogP contribution in [0.25, 0.3) is 0 Å². The van der Waals surface area contributed by atoms with E-state index in [4.69, 9.17) is 0 Å². The van der Waals surface area contributed by atoms with E-state index in [0.717, 1.165) is 28.3 Å². The fourth-order valence-electron chi connectivity index (χ4n) is 3.90. The molecule has 1 aliphatic heterocycles. The molecule has 148 valence electrons. The van der Waals surface area contributed by atoms with Gasteiger partial charge in [0.2, 0.25) is 0 Å². The van der Waals surface area contributed by atoms with Gasteiger partial charge in [0.15, 0.2) is 0 Å². The fourth-order valence-corrected chi connectivity index (χ4v) is 4.61. The Morgan fingerprint density at radius 1 is 1.07 bits per heavy atom. The number of para-hydroxylation sites is 1. The number of carboxylic acid groups (broad SMARTS) is 1. The van der Waals surface area contributed by atoms with Crippen LogP contribution in [0.3, 0.4) is 0 Å². The fraction of sp³-hybridized carbons (Fsp3) is 0.208. The quantitative estimate of drug-likeness (QED) is 0.439. The minimum atomic E-state index is -0.889.